The van der Waals surface area contributed by atoms with Gasteiger partial charge in [0.2, 0.25) is 0 Å². The number of ether oxygens (including phenoxy) is 1. The summed E-state index contributed by atoms with van der Waals surface area (Å²) in [5, 5.41) is 11.1. The highest BCUT2D eigenvalue weighted by Gasteiger charge is 2.35. The molecule has 0 bridgehead atoms. The molecule has 3 rings (SSSR count). The minimum atomic E-state index is 0.0983. The molecule has 1 aromatic carbocycles. The first-order valence-corrected chi connectivity index (χ1v) is 12.2. The van der Waals surface area contributed by atoms with Gasteiger partial charge in [0, 0.05) is 50.9 Å². The van der Waals surface area contributed by atoms with E-state index in [1.165, 1.54) is 31.2 Å². The largest absolute Gasteiger partial charge is 0.383 e. The van der Waals surface area contributed by atoms with Gasteiger partial charge in [-0.15, -0.1) is 0 Å². The second-order valence-electron chi connectivity index (χ2n) is 9.21. The Morgan fingerprint density at radius 3 is 2.55 bits per heavy atom. The molecule has 1 saturated carbocycles. The Kier molecular flexibility index (Phi) is 9.62. The smallest absolute Gasteiger partial charge is 0.191 e. The molecular weight excluding hydrogens is 386 g/mol. The summed E-state index contributed by atoms with van der Waals surface area (Å²) in [7, 11) is 1.78. The van der Waals surface area contributed by atoms with Crippen LogP contribution in [0.15, 0.2) is 35.3 Å². The second kappa shape index (κ2) is 12.4. The minimum Gasteiger partial charge on any atom is -0.383 e. The van der Waals surface area contributed by atoms with E-state index in [0.29, 0.717) is 12.1 Å². The average molecular weight is 430 g/mol. The Bertz CT molecular complexity index is 651. The Hall–Kier alpha value is -1.63. The molecule has 1 unspecified atom stereocenters. The first-order valence-electron chi connectivity index (χ1n) is 12.2. The van der Waals surface area contributed by atoms with Crippen LogP contribution in [0.4, 0.5) is 0 Å². The molecule has 0 radical (unpaired) electrons. The van der Waals surface area contributed by atoms with Crippen LogP contribution in [0, 0.1) is 0 Å². The number of nitrogens with one attached hydrogen (secondary N) is 3. The van der Waals surface area contributed by atoms with Gasteiger partial charge in [0.05, 0.1) is 13.2 Å². The molecule has 174 valence electrons. The van der Waals surface area contributed by atoms with Crippen molar-refractivity contribution in [2.75, 3.05) is 46.4 Å². The van der Waals surface area contributed by atoms with Gasteiger partial charge in [-0.2, -0.15) is 0 Å². The lowest BCUT2D eigenvalue weighted by molar-refractivity contribution is 0.128. The maximum Gasteiger partial charge on any atom is 0.191 e. The molecular formula is C25H43N5O. The summed E-state index contributed by atoms with van der Waals surface area (Å²) < 4.78 is 5.22. The molecule has 1 aliphatic carbocycles. The maximum atomic E-state index is 5.22. The van der Waals surface area contributed by atoms with Gasteiger partial charge in [0.25, 0.3) is 0 Å². The summed E-state index contributed by atoms with van der Waals surface area (Å²) in [6.07, 6.45) is 7.28. The zero-order chi connectivity index (χ0) is 21.9. The molecule has 1 atom stereocenters. The van der Waals surface area contributed by atoms with Crippen molar-refractivity contribution in [2.45, 2.75) is 70.0 Å². The summed E-state index contributed by atoms with van der Waals surface area (Å²) >= 11 is 0. The van der Waals surface area contributed by atoms with E-state index in [2.05, 4.69) is 65.0 Å². The Morgan fingerprint density at radius 2 is 1.90 bits per heavy atom. The number of hydrogen-bond acceptors (Lipinski definition) is 4. The molecule has 1 saturated heterocycles. The van der Waals surface area contributed by atoms with E-state index in [1.54, 1.807) is 7.11 Å². The van der Waals surface area contributed by atoms with Gasteiger partial charge in [-0.05, 0) is 45.1 Å². The maximum absolute atomic E-state index is 5.22. The van der Waals surface area contributed by atoms with Crippen LogP contribution in [0.5, 0.6) is 0 Å². The number of guanidine groups is 1. The van der Waals surface area contributed by atoms with E-state index in [1.807, 2.05) is 0 Å². The van der Waals surface area contributed by atoms with E-state index in [4.69, 9.17) is 9.73 Å². The summed E-state index contributed by atoms with van der Waals surface area (Å²) in [6, 6.07) is 11.6. The number of hydrogen-bond donors (Lipinski definition) is 3. The normalized spacial score (nSPS) is 21.2. The van der Waals surface area contributed by atoms with Crippen LogP contribution in [0.25, 0.3) is 0 Å². The van der Waals surface area contributed by atoms with Gasteiger partial charge >= 0.3 is 0 Å². The summed E-state index contributed by atoms with van der Waals surface area (Å²) in [6.45, 7) is 10.2. The predicted molar refractivity (Wildman–Crippen MR) is 130 cm³/mol. The summed E-state index contributed by atoms with van der Waals surface area (Å²) in [5.41, 5.74) is 1.45. The Morgan fingerprint density at radius 1 is 1.19 bits per heavy atom. The van der Waals surface area contributed by atoms with Crippen molar-refractivity contribution in [3.63, 3.8) is 0 Å². The molecule has 1 aliphatic heterocycles. The number of likely N-dealkylation sites (tertiary alicyclic amines) is 1. The van der Waals surface area contributed by atoms with Crippen LogP contribution < -0.4 is 16.0 Å². The molecule has 0 amide bonds. The van der Waals surface area contributed by atoms with E-state index in [-0.39, 0.29) is 5.54 Å². The monoisotopic (exact) mass is 429 g/mol. The van der Waals surface area contributed by atoms with Crippen molar-refractivity contribution in [1.82, 2.24) is 20.9 Å². The van der Waals surface area contributed by atoms with Crippen molar-refractivity contribution in [2.24, 2.45) is 4.99 Å². The highest BCUT2D eigenvalue weighted by atomic mass is 16.5. The van der Waals surface area contributed by atoms with Crippen molar-refractivity contribution in [1.29, 1.82) is 0 Å². The molecule has 1 heterocycles. The fourth-order valence-corrected chi connectivity index (χ4v) is 4.95. The molecule has 0 spiro atoms. The Balaban J connectivity index is 1.57. The van der Waals surface area contributed by atoms with Crippen molar-refractivity contribution in [3.05, 3.63) is 35.9 Å². The quantitative estimate of drug-likeness (QED) is 0.393. The van der Waals surface area contributed by atoms with Crippen molar-refractivity contribution in [3.8, 4) is 0 Å². The molecule has 6 heteroatoms. The van der Waals surface area contributed by atoms with E-state index >= 15 is 0 Å². The predicted octanol–water partition coefficient (Wildman–Crippen LogP) is 3.32. The molecule has 2 fully saturated rings. The fraction of sp³-hybridized carbons (Fsp3) is 0.720. The first kappa shape index (κ1) is 24.0. The molecule has 6 nitrogen and oxygen atoms in total. The molecule has 3 N–H and O–H groups in total. The topological polar surface area (TPSA) is 60.9 Å². The number of rotatable bonds is 10. The summed E-state index contributed by atoms with van der Waals surface area (Å²) in [5.74, 6) is 0.971. The highest BCUT2D eigenvalue weighted by molar-refractivity contribution is 5.80. The van der Waals surface area contributed by atoms with Crippen LogP contribution in [0.2, 0.25) is 0 Å². The summed E-state index contributed by atoms with van der Waals surface area (Å²) in [4.78, 5) is 7.57. The van der Waals surface area contributed by atoms with Gasteiger partial charge in [0.1, 0.15) is 0 Å². The number of piperidine rings is 1. The van der Waals surface area contributed by atoms with Crippen LogP contribution in [-0.4, -0.2) is 68.9 Å². The first-order chi connectivity index (χ1) is 15.1. The van der Waals surface area contributed by atoms with Crippen LogP contribution in [0.3, 0.4) is 0 Å². The van der Waals surface area contributed by atoms with E-state index in [9.17, 15) is 0 Å². The highest BCUT2D eigenvalue weighted by Crippen LogP contribution is 2.32. The van der Waals surface area contributed by atoms with Crippen molar-refractivity contribution >= 4 is 5.96 Å². The fourth-order valence-electron chi connectivity index (χ4n) is 4.95. The number of nitrogens with zero attached hydrogens (tertiary/aromatic N) is 2. The average Bonchev–Trinajstić information content (AvgIpc) is 3.26. The zero-order valence-electron chi connectivity index (χ0n) is 19.8. The third-order valence-corrected chi connectivity index (χ3v) is 6.81. The third kappa shape index (κ3) is 7.48. The lowest BCUT2D eigenvalue weighted by Crippen LogP contribution is -2.51. The molecule has 2 aliphatic rings. The van der Waals surface area contributed by atoms with Crippen LogP contribution >= 0.6 is 0 Å². The van der Waals surface area contributed by atoms with Crippen LogP contribution in [-0.2, 0) is 4.74 Å². The second-order valence-corrected chi connectivity index (χ2v) is 9.21. The Labute approximate surface area is 189 Å². The number of aliphatic imine (C=N–C) groups is 1. The SMILES string of the molecule is CCNC(=NCC1(NC(C)c2ccccc2)CCCC1)NC1CCN(CCOC)CC1. The standard InChI is InChI=1S/C25H43N5O/c1-4-26-24(28-23-12-16-30(17-13-23)18-19-31-3)27-20-25(14-8-9-15-25)29-21(2)22-10-6-5-7-11-22/h5-7,10-11,21,23,29H,4,8-9,12-20H2,1-3H3,(H2,26,27,28). The van der Waals surface area contributed by atoms with E-state index in [0.717, 1.165) is 58.1 Å². The van der Waals surface area contributed by atoms with Gasteiger partial charge < -0.3 is 25.6 Å². The number of benzene rings is 1. The molecule has 31 heavy (non-hydrogen) atoms. The zero-order valence-corrected chi connectivity index (χ0v) is 19.8. The van der Waals surface area contributed by atoms with Gasteiger partial charge in [-0.3, -0.25) is 4.99 Å². The molecule has 1 aromatic rings. The van der Waals surface area contributed by atoms with Gasteiger partial charge in [-0.1, -0.05) is 43.2 Å². The van der Waals surface area contributed by atoms with Crippen LogP contribution in [0.1, 0.15) is 64.0 Å². The number of methoxy groups -OCH3 is 1. The minimum absolute atomic E-state index is 0.0983. The van der Waals surface area contributed by atoms with Gasteiger partial charge in [-0.25, -0.2) is 0 Å². The third-order valence-electron chi connectivity index (χ3n) is 6.81. The lowest BCUT2D eigenvalue weighted by atomic mass is 9.95. The van der Waals surface area contributed by atoms with Gasteiger partial charge in [0.15, 0.2) is 5.96 Å². The van der Waals surface area contributed by atoms with Crippen molar-refractivity contribution < 1.29 is 4.74 Å². The molecule has 0 aromatic heterocycles. The lowest BCUT2D eigenvalue weighted by Gasteiger charge is -2.34. The van der Waals surface area contributed by atoms with E-state index < -0.39 is 0 Å².